The van der Waals surface area contributed by atoms with E-state index in [0.29, 0.717) is 6.04 Å². The van der Waals surface area contributed by atoms with Crippen LogP contribution in [0.15, 0.2) is 15.9 Å². The number of nitrogens with one attached hydrogen (secondary N) is 1. The van der Waals surface area contributed by atoms with Gasteiger partial charge in [-0.15, -0.1) is 16.4 Å². The number of rotatable bonds is 5. The first-order chi connectivity index (χ1) is 8.24. The van der Waals surface area contributed by atoms with Crippen molar-refractivity contribution in [2.45, 2.75) is 25.8 Å². The summed E-state index contributed by atoms with van der Waals surface area (Å²) in [5.41, 5.74) is 1.12. The van der Waals surface area contributed by atoms with Crippen molar-refractivity contribution in [1.82, 2.24) is 14.9 Å². The van der Waals surface area contributed by atoms with Crippen LogP contribution in [0.3, 0.4) is 0 Å². The van der Waals surface area contributed by atoms with Gasteiger partial charge in [0.2, 0.25) is 0 Å². The van der Waals surface area contributed by atoms with Gasteiger partial charge in [-0.3, -0.25) is 0 Å². The van der Waals surface area contributed by atoms with Gasteiger partial charge in [0.05, 0.1) is 10.6 Å². The first-order valence-electron chi connectivity index (χ1n) is 5.45. The van der Waals surface area contributed by atoms with E-state index in [1.165, 1.54) is 21.3 Å². The van der Waals surface area contributed by atoms with Crippen LogP contribution >= 0.6 is 38.8 Å². The number of thiophene rings is 1. The van der Waals surface area contributed by atoms with Crippen molar-refractivity contribution in [3.8, 4) is 0 Å². The molecule has 0 aliphatic rings. The molecule has 17 heavy (non-hydrogen) atoms. The molecule has 2 aromatic heterocycles. The van der Waals surface area contributed by atoms with Crippen molar-refractivity contribution in [1.29, 1.82) is 0 Å². The fourth-order valence-corrected chi connectivity index (χ4v) is 4.06. The Bertz CT molecular complexity index is 481. The van der Waals surface area contributed by atoms with Gasteiger partial charge in [-0.05, 0) is 47.0 Å². The summed E-state index contributed by atoms with van der Waals surface area (Å²) < 4.78 is 5.21. The lowest BCUT2D eigenvalue weighted by molar-refractivity contribution is 0.599. The van der Waals surface area contributed by atoms with Crippen LogP contribution in [0.25, 0.3) is 0 Å². The predicted octanol–water partition coefficient (Wildman–Crippen LogP) is 3.43. The smallest absolute Gasteiger partial charge is 0.0801 e. The van der Waals surface area contributed by atoms with Crippen molar-refractivity contribution in [3.05, 3.63) is 31.4 Å². The highest BCUT2D eigenvalue weighted by Crippen LogP contribution is 2.28. The van der Waals surface area contributed by atoms with Gasteiger partial charge in [0.1, 0.15) is 0 Å². The van der Waals surface area contributed by atoms with Gasteiger partial charge >= 0.3 is 0 Å². The van der Waals surface area contributed by atoms with E-state index >= 15 is 0 Å². The fraction of sp³-hybridized carbons (Fsp3) is 0.455. The number of nitrogens with zero attached hydrogens (tertiary/aromatic N) is 2. The zero-order chi connectivity index (χ0) is 12.3. The van der Waals surface area contributed by atoms with E-state index in [0.717, 1.165) is 23.0 Å². The molecule has 2 heterocycles. The van der Waals surface area contributed by atoms with Crippen LogP contribution in [-0.2, 0) is 12.8 Å². The molecule has 0 aliphatic heterocycles. The average molecular weight is 332 g/mol. The summed E-state index contributed by atoms with van der Waals surface area (Å²) in [5.74, 6) is 0. The number of halogens is 1. The van der Waals surface area contributed by atoms with E-state index in [1.54, 1.807) is 11.3 Å². The third kappa shape index (κ3) is 3.13. The minimum atomic E-state index is 0.315. The predicted molar refractivity (Wildman–Crippen MR) is 76.8 cm³/mol. The minimum absolute atomic E-state index is 0.315. The van der Waals surface area contributed by atoms with Crippen molar-refractivity contribution in [2.75, 3.05) is 7.05 Å². The maximum absolute atomic E-state index is 4.17. The quantitative estimate of drug-likeness (QED) is 0.912. The highest BCUT2D eigenvalue weighted by Gasteiger charge is 2.18. The van der Waals surface area contributed by atoms with Crippen LogP contribution in [0, 0.1) is 0 Å². The van der Waals surface area contributed by atoms with Crippen molar-refractivity contribution >= 4 is 38.8 Å². The molecule has 0 bridgehead atoms. The normalized spacial score (nSPS) is 12.9. The van der Waals surface area contributed by atoms with Crippen molar-refractivity contribution in [3.63, 3.8) is 0 Å². The van der Waals surface area contributed by atoms with Crippen LogP contribution in [0.1, 0.15) is 28.4 Å². The molecule has 2 aromatic rings. The zero-order valence-corrected chi connectivity index (χ0v) is 13.0. The van der Waals surface area contributed by atoms with E-state index in [4.69, 9.17) is 0 Å². The molecule has 0 aliphatic carbocycles. The Morgan fingerprint density at radius 3 is 2.94 bits per heavy atom. The Labute approximate surface area is 118 Å². The maximum atomic E-state index is 4.17. The van der Waals surface area contributed by atoms with E-state index in [2.05, 4.69) is 49.2 Å². The molecule has 0 saturated heterocycles. The van der Waals surface area contributed by atoms with E-state index in [-0.39, 0.29) is 0 Å². The molecule has 0 radical (unpaired) electrons. The molecule has 3 nitrogen and oxygen atoms in total. The lowest BCUT2D eigenvalue weighted by Crippen LogP contribution is -2.18. The van der Waals surface area contributed by atoms with Crippen LogP contribution in [0.4, 0.5) is 0 Å². The van der Waals surface area contributed by atoms with Crippen LogP contribution < -0.4 is 5.32 Å². The highest BCUT2D eigenvalue weighted by molar-refractivity contribution is 9.10. The van der Waals surface area contributed by atoms with Gasteiger partial charge < -0.3 is 5.32 Å². The summed E-state index contributed by atoms with van der Waals surface area (Å²) in [5, 5.41) is 9.65. The van der Waals surface area contributed by atoms with Gasteiger partial charge in [-0.25, -0.2) is 0 Å². The lowest BCUT2D eigenvalue weighted by Gasteiger charge is -2.13. The van der Waals surface area contributed by atoms with Crippen LogP contribution in [0.2, 0.25) is 0 Å². The molecule has 0 fully saturated rings. The SMILES string of the molecule is CCc1nnsc1C(Cc1cc(Br)cs1)NC. The fourth-order valence-electron chi connectivity index (χ4n) is 1.71. The molecule has 6 heteroatoms. The van der Waals surface area contributed by atoms with Crippen LogP contribution in [-0.4, -0.2) is 16.6 Å². The molecule has 0 aromatic carbocycles. The summed E-state index contributed by atoms with van der Waals surface area (Å²) in [4.78, 5) is 2.63. The van der Waals surface area contributed by atoms with Crippen molar-refractivity contribution in [2.24, 2.45) is 0 Å². The number of hydrogen-bond acceptors (Lipinski definition) is 5. The Morgan fingerprint density at radius 2 is 2.35 bits per heavy atom. The largest absolute Gasteiger partial charge is 0.312 e. The van der Waals surface area contributed by atoms with E-state index in [9.17, 15) is 0 Å². The van der Waals surface area contributed by atoms with Gasteiger partial charge in [0.25, 0.3) is 0 Å². The first kappa shape index (κ1) is 13.1. The zero-order valence-electron chi connectivity index (χ0n) is 9.74. The Balaban J connectivity index is 2.16. The second-order valence-corrected chi connectivity index (χ2v) is 6.41. The highest BCUT2D eigenvalue weighted by atomic mass is 79.9. The minimum Gasteiger partial charge on any atom is -0.312 e. The second-order valence-electron chi connectivity index (χ2n) is 3.71. The topological polar surface area (TPSA) is 37.8 Å². The first-order valence-corrected chi connectivity index (χ1v) is 7.90. The maximum Gasteiger partial charge on any atom is 0.0801 e. The van der Waals surface area contributed by atoms with Gasteiger partial charge in [0, 0.05) is 27.2 Å². The number of likely N-dealkylation sites (N-methyl/N-ethyl adjacent to an activating group) is 1. The second kappa shape index (κ2) is 6.04. The molecule has 1 N–H and O–H groups in total. The summed E-state index contributed by atoms with van der Waals surface area (Å²) >= 11 is 6.77. The lowest BCUT2D eigenvalue weighted by atomic mass is 10.1. The Kier molecular flexibility index (Phi) is 4.67. The molecule has 92 valence electrons. The molecule has 0 saturated carbocycles. The van der Waals surface area contributed by atoms with Gasteiger partial charge in [-0.2, -0.15) is 0 Å². The molecular weight excluding hydrogens is 318 g/mol. The number of aryl methyl sites for hydroxylation is 1. The summed E-state index contributed by atoms with van der Waals surface area (Å²) in [6.07, 6.45) is 1.93. The summed E-state index contributed by atoms with van der Waals surface area (Å²) in [6.45, 7) is 2.12. The average Bonchev–Trinajstić information content (AvgIpc) is 2.94. The molecule has 1 unspecified atom stereocenters. The summed E-state index contributed by atoms with van der Waals surface area (Å²) in [6, 6.07) is 2.49. The molecule has 0 amide bonds. The molecule has 0 spiro atoms. The van der Waals surface area contributed by atoms with E-state index < -0.39 is 0 Å². The van der Waals surface area contributed by atoms with Gasteiger partial charge in [-0.1, -0.05) is 11.4 Å². The van der Waals surface area contributed by atoms with Gasteiger partial charge in [0.15, 0.2) is 0 Å². The number of aromatic nitrogens is 2. The van der Waals surface area contributed by atoms with Crippen molar-refractivity contribution < 1.29 is 0 Å². The summed E-state index contributed by atoms with van der Waals surface area (Å²) in [7, 11) is 1.99. The molecule has 1 atom stereocenters. The Morgan fingerprint density at radius 1 is 1.53 bits per heavy atom. The standard InChI is InChI=1S/C11H14BrN3S2/c1-3-9-11(17-15-14-9)10(13-2)5-8-4-7(12)6-16-8/h4,6,10,13H,3,5H2,1-2H3. The van der Waals surface area contributed by atoms with Crippen LogP contribution in [0.5, 0.6) is 0 Å². The molecular formula is C11H14BrN3S2. The third-order valence-electron chi connectivity index (χ3n) is 2.61. The van der Waals surface area contributed by atoms with E-state index in [1.807, 2.05) is 7.05 Å². The third-order valence-corrected chi connectivity index (χ3v) is 5.21. The monoisotopic (exact) mass is 331 g/mol. The number of hydrogen-bond donors (Lipinski definition) is 1. The Hall–Kier alpha value is -0.300. The molecule has 2 rings (SSSR count).